The number of carboxylic acid groups (broad SMARTS) is 1. The maximum Gasteiger partial charge on any atom is 0.335 e. The molecule has 5 nitrogen and oxygen atoms in total. The Labute approximate surface area is 153 Å². The minimum atomic E-state index is -1.06. The number of nitrogens with zero attached hydrogens (tertiary/aromatic N) is 1. The van der Waals surface area contributed by atoms with Crippen LogP contribution in [0.15, 0.2) is 71.9 Å². The summed E-state index contributed by atoms with van der Waals surface area (Å²) in [5, 5.41) is 12.6. The van der Waals surface area contributed by atoms with Crippen LogP contribution in [0.5, 0.6) is 0 Å². The number of hydrogen-bond donors (Lipinski definition) is 2. The van der Waals surface area contributed by atoms with Crippen molar-refractivity contribution in [1.29, 1.82) is 0 Å². The second-order valence-electron chi connectivity index (χ2n) is 6.27. The van der Waals surface area contributed by atoms with Gasteiger partial charge in [-0.15, -0.1) is 0 Å². The van der Waals surface area contributed by atoms with Gasteiger partial charge in [0.2, 0.25) is 0 Å². The number of amides is 1. The summed E-state index contributed by atoms with van der Waals surface area (Å²) < 4.78 is 0. The van der Waals surface area contributed by atoms with Crippen LogP contribution < -0.4 is 5.32 Å². The largest absolute Gasteiger partial charge is 0.478 e. The highest BCUT2D eigenvalue weighted by Gasteiger charge is 2.37. The molecule has 0 saturated heterocycles. The van der Waals surface area contributed by atoms with Crippen molar-refractivity contribution >= 4 is 11.9 Å². The summed E-state index contributed by atoms with van der Waals surface area (Å²) in [6.45, 7) is 2.52. The minimum absolute atomic E-state index is 0.110. The number of carboxylic acids is 1. The fourth-order valence-electron chi connectivity index (χ4n) is 3.30. The molecule has 0 aromatic heterocycles. The molecule has 0 radical (unpaired) electrons. The molecule has 1 aliphatic rings. The number of carbonyl (C=O) groups excluding carboxylic acids is 1. The SMILES string of the molecule is CCC(c1ccccc1)N1CC(C(=O)O)=C(NCc2ccccc2)C1=O. The summed E-state index contributed by atoms with van der Waals surface area (Å²) >= 11 is 0. The van der Waals surface area contributed by atoms with E-state index < -0.39 is 5.97 Å². The van der Waals surface area contributed by atoms with Gasteiger partial charge in [-0.2, -0.15) is 0 Å². The molecule has 5 heteroatoms. The van der Waals surface area contributed by atoms with Crippen LogP contribution in [0.1, 0.15) is 30.5 Å². The Morgan fingerprint density at radius 3 is 2.31 bits per heavy atom. The molecule has 0 bridgehead atoms. The zero-order valence-corrected chi connectivity index (χ0v) is 14.7. The number of benzene rings is 2. The van der Waals surface area contributed by atoms with Gasteiger partial charge in [0, 0.05) is 6.54 Å². The zero-order chi connectivity index (χ0) is 18.5. The maximum absolute atomic E-state index is 13.0. The van der Waals surface area contributed by atoms with Crippen LogP contribution in [-0.2, 0) is 16.1 Å². The first-order valence-corrected chi connectivity index (χ1v) is 8.72. The first-order valence-electron chi connectivity index (χ1n) is 8.72. The smallest absolute Gasteiger partial charge is 0.335 e. The summed E-state index contributed by atoms with van der Waals surface area (Å²) in [6.07, 6.45) is 0.717. The second kappa shape index (κ2) is 7.87. The lowest BCUT2D eigenvalue weighted by atomic mass is 10.0. The van der Waals surface area contributed by atoms with Gasteiger partial charge < -0.3 is 15.3 Å². The highest BCUT2D eigenvalue weighted by Crippen LogP contribution is 2.30. The van der Waals surface area contributed by atoms with Crippen LogP contribution in [0.4, 0.5) is 0 Å². The Balaban J connectivity index is 1.82. The van der Waals surface area contributed by atoms with Gasteiger partial charge in [-0.25, -0.2) is 4.79 Å². The van der Waals surface area contributed by atoms with Gasteiger partial charge in [0.1, 0.15) is 5.70 Å². The summed E-state index contributed by atoms with van der Waals surface area (Å²) in [4.78, 5) is 26.3. The van der Waals surface area contributed by atoms with Crippen LogP contribution in [0, 0.1) is 0 Å². The molecule has 3 rings (SSSR count). The molecule has 0 aliphatic carbocycles. The maximum atomic E-state index is 13.0. The fraction of sp³-hybridized carbons (Fsp3) is 0.238. The van der Waals surface area contributed by atoms with Crippen molar-refractivity contribution in [2.75, 3.05) is 6.54 Å². The van der Waals surface area contributed by atoms with Crippen molar-refractivity contribution in [3.8, 4) is 0 Å². The van der Waals surface area contributed by atoms with E-state index in [2.05, 4.69) is 5.32 Å². The molecule has 1 atom stereocenters. The molecular formula is C21H22N2O3. The highest BCUT2D eigenvalue weighted by molar-refractivity contribution is 6.05. The Morgan fingerprint density at radius 2 is 1.73 bits per heavy atom. The third kappa shape index (κ3) is 3.61. The van der Waals surface area contributed by atoms with Crippen LogP contribution in [0.25, 0.3) is 0 Å². The Kier molecular flexibility index (Phi) is 5.37. The first kappa shape index (κ1) is 17.7. The number of aliphatic carboxylic acids is 1. The molecule has 26 heavy (non-hydrogen) atoms. The van der Waals surface area contributed by atoms with Crippen molar-refractivity contribution in [2.24, 2.45) is 0 Å². The second-order valence-corrected chi connectivity index (χ2v) is 6.27. The lowest BCUT2D eigenvalue weighted by molar-refractivity contribution is -0.132. The summed E-state index contributed by atoms with van der Waals surface area (Å²) in [7, 11) is 0. The van der Waals surface area contributed by atoms with Crippen LogP contribution in [0.3, 0.4) is 0 Å². The predicted octanol–water partition coefficient (Wildman–Crippen LogP) is 3.11. The van der Waals surface area contributed by atoms with E-state index in [1.807, 2.05) is 67.6 Å². The molecule has 1 amide bonds. The van der Waals surface area contributed by atoms with Gasteiger partial charge in [0.15, 0.2) is 0 Å². The van der Waals surface area contributed by atoms with Gasteiger partial charge in [0.05, 0.1) is 18.2 Å². The van der Waals surface area contributed by atoms with Gasteiger partial charge in [-0.3, -0.25) is 4.79 Å². The molecule has 1 unspecified atom stereocenters. The molecule has 2 aromatic carbocycles. The van der Waals surface area contributed by atoms with Gasteiger partial charge in [-0.05, 0) is 17.5 Å². The van der Waals surface area contributed by atoms with Crippen molar-refractivity contribution in [3.05, 3.63) is 83.1 Å². The zero-order valence-electron chi connectivity index (χ0n) is 14.7. The fourth-order valence-corrected chi connectivity index (χ4v) is 3.30. The van der Waals surface area contributed by atoms with Gasteiger partial charge >= 0.3 is 5.97 Å². The van der Waals surface area contributed by atoms with Crippen molar-refractivity contribution < 1.29 is 14.7 Å². The Hall–Kier alpha value is -3.08. The lowest BCUT2D eigenvalue weighted by Crippen LogP contribution is -2.34. The molecule has 134 valence electrons. The molecule has 0 spiro atoms. The van der Waals surface area contributed by atoms with Gasteiger partial charge in [-0.1, -0.05) is 67.6 Å². The molecule has 1 heterocycles. The highest BCUT2D eigenvalue weighted by atomic mass is 16.4. The standard InChI is InChI=1S/C21H22N2O3/c1-2-18(16-11-7-4-8-12-16)23-14-17(21(25)26)19(20(23)24)22-13-15-9-5-3-6-10-15/h3-12,18,22H,2,13-14H2,1H3,(H,25,26). The topological polar surface area (TPSA) is 69.6 Å². The van der Waals surface area contributed by atoms with E-state index in [4.69, 9.17) is 0 Å². The van der Waals surface area contributed by atoms with E-state index in [-0.39, 0.29) is 29.8 Å². The van der Waals surface area contributed by atoms with E-state index in [1.54, 1.807) is 4.90 Å². The molecule has 2 N–H and O–H groups in total. The molecular weight excluding hydrogens is 328 g/mol. The average molecular weight is 350 g/mol. The quantitative estimate of drug-likeness (QED) is 0.805. The summed E-state index contributed by atoms with van der Waals surface area (Å²) in [6, 6.07) is 19.2. The predicted molar refractivity (Wildman–Crippen MR) is 99.1 cm³/mol. The molecule has 0 fully saturated rings. The number of nitrogens with one attached hydrogen (secondary N) is 1. The average Bonchev–Trinajstić information content (AvgIpc) is 2.99. The normalized spacial score (nSPS) is 15.3. The summed E-state index contributed by atoms with van der Waals surface area (Å²) in [5.41, 5.74) is 2.32. The van der Waals surface area contributed by atoms with Gasteiger partial charge in [0.25, 0.3) is 5.91 Å². The van der Waals surface area contributed by atoms with E-state index in [9.17, 15) is 14.7 Å². The molecule has 2 aromatic rings. The van der Waals surface area contributed by atoms with Crippen molar-refractivity contribution in [2.45, 2.75) is 25.9 Å². The molecule has 0 saturated carbocycles. The monoisotopic (exact) mass is 350 g/mol. The van der Waals surface area contributed by atoms with Crippen LogP contribution in [-0.4, -0.2) is 28.4 Å². The summed E-state index contributed by atoms with van der Waals surface area (Å²) in [5.74, 6) is -1.31. The van der Waals surface area contributed by atoms with E-state index >= 15 is 0 Å². The van der Waals surface area contributed by atoms with E-state index in [1.165, 1.54) is 0 Å². The van der Waals surface area contributed by atoms with E-state index in [0.29, 0.717) is 13.0 Å². The number of carbonyl (C=O) groups is 2. The van der Waals surface area contributed by atoms with E-state index in [0.717, 1.165) is 11.1 Å². The minimum Gasteiger partial charge on any atom is -0.478 e. The Morgan fingerprint density at radius 1 is 1.12 bits per heavy atom. The number of hydrogen-bond acceptors (Lipinski definition) is 3. The van der Waals surface area contributed by atoms with Crippen LogP contribution >= 0.6 is 0 Å². The first-order chi connectivity index (χ1) is 12.6. The number of rotatable bonds is 7. The van der Waals surface area contributed by atoms with Crippen molar-refractivity contribution in [1.82, 2.24) is 10.2 Å². The Bertz CT molecular complexity index is 816. The van der Waals surface area contributed by atoms with Crippen molar-refractivity contribution in [3.63, 3.8) is 0 Å². The lowest BCUT2D eigenvalue weighted by Gasteiger charge is -2.28. The van der Waals surface area contributed by atoms with Crippen LogP contribution in [0.2, 0.25) is 0 Å². The molecule has 1 aliphatic heterocycles. The third-order valence-electron chi connectivity index (χ3n) is 4.62. The third-order valence-corrected chi connectivity index (χ3v) is 4.62.